The molecule has 0 N–H and O–H groups in total. The van der Waals surface area contributed by atoms with Gasteiger partial charge in [0.25, 0.3) is 0 Å². The fourth-order valence-corrected chi connectivity index (χ4v) is 5.99. The van der Waals surface area contributed by atoms with Crippen LogP contribution in [-0.4, -0.2) is 42.5 Å². The minimum atomic E-state index is 0.459. The van der Waals surface area contributed by atoms with E-state index in [4.69, 9.17) is 9.97 Å². The van der Waals surface area contributed by atoms with Crippen LogP contribution in [0.25, 0.3) is 44.7 Å². The second kappa shape index (κ2) is 9.50. The quantitative estimate of drug-likeness (QED) is 0.266. The van der Waals surface area contributed by atoms with Crippen LogP contribution in [0.2, 0.25) is 0 Å². The summed E-state index contributed by atoms with van der Waals surface area (Å²) >= 11 is 1.64. The van der Waals surface area contributed by atoms with Gasteiger partial charge in [-0.3, -0.25) is 4.90 Å². The van der Waals surface area contributed by atoms with Gasteiger partial charge >= 0.3 is 0 Å². The minimum Gasteiger partial charge on any atom is -0.312 e. The van der Waals surface area contributed by atoms with Gasteiger partial charge in [0.1, 0.15) is 16.6 Å². The molecule has 1 aliphatic heterocycles. The van der Waals surface area contributed by atoms with E-state index >= 15 is 0 Å². The molecule has 0 aliphatic carbocycles. The van der Waals surface area contributed by atoms with Gasteiger partial charge in [0.05, 0.1) is 17.7 Å². The maximum absolute atomic E-state index is 5.01. The number of hydrogen-bond acceptors (Lipinski definition) is 6. The lowest BCUT2D eigenvalue weighted by Crippen LogP contribution is -2.34. The smallest absolute Gasteiger partial charge is 0.160 e. The number of benzene rings is 2. The van der Waals surface area contributed by atoms with Gasteiger partial charge in [-0.15, -0.1) is 11.3 Å². The average Bonchev–Trinajstić information content (AvgIpc) is 3.61. The molecule has 7 rings (SSSR count). The third-order valence-corrected chi connectivity index (χ3v) is 7.99. The summed E-state index contributed by atoms with van der Waals surface area (Å²) < 4.78 is 2.26. The van der Waals surface area contributed by atoms with Gasteiger partial charge in [-0.05, 0) is 30.5 Å². The summed E-state index contributed by atoms with van der Waals surface area (Å²) in [6.07, 6.45) is 6.02. The molecule has 5 heterocycles. The van der Waals surface area contributed by atoms with Crippen molar-refractivity contribution in [3.8, 4) is 22.5 Å². The van der Waals surface area contributed by atoms with Crippen molar-refractivity contribution in [1.82, 2.24) is 29.4 Å². The highest BCUT2D eigenvalue weighted by Gasteiger charge is 2.22. The summed E-state index contributed by atoms with van der Waals surface area (Å²) in [5.74, 6) is 0. The van der Waals surface area contributed by atoms with E-state index in [-0.39, 0.29) is 0 Å². The minimum absolute atomic E-state index is 0.459. The molecule has 0 bridgehead atoms. The highest BCUT2D eigenvalue weighted by molar-refractivity contribution is 7.09. The fourth-order valence-electron chi connectivity index (χ4n) is 5.31. The van der Waals surface area contributed by atoms with Crippen LogP contribution in [-0.2, 0) is 6.54 Å². The summed E-state index contributed by atoms with van der Waals surface area (Å²) in [6.45, 7) is 3.09. The second-order valence-corrected chi connectivity index (χ2v) is 10.4. The van der Waals surface area contributed by atoms with Crippen molar-refractivity contribution in [3.63, 3.8) is 0 Å². The van der Waals surface area contributed by atoms with Crippen molar-refractivity contribution in [3.05, 3.63) is 95.6 Å². The van der Waals surface area contributed by atoms with E-state index in [1.165, 1.54) is 5.56 Å². The van der Waals surface area contributed by atoms with Crippen molar-refractivity contribution in [2.45, 2.75) is 25.4 Å². The number of thiophene rings is 1. The molecule has 2 aromatic carbocycles. The van der Waals surface area contributed by atoms with Gasteiger partial charge in [-0.1, -0.05) is 54.6 Å². The van der Waals surface area contributed by atoms with E-state index in [0.29, 0.717) is 6.04 Å². The van der Waals surface area contributed by atoms with Crippen molar-refractivity contribution in [1.29, 1.82) is 0 Å². The molecule has 6 aromatic rings. The standard InChI is InChI=1S/C30H26N6S/c1-2-5-22(6-3-1)28-29(34-27-19-37-18-26(27)33-28)23-10-8-21(9-11-23)17-35-15-12-24(13-16-35)36-20-32-25-7-4-14-31-30(25)36/h1-11,14,18-20,24H,12-13,15-17H2. The Kier molecular flexibility index (Phi) is 5.72. The molecule has 0 amide bonds. The summed E-state index contributed by atoms with van der Waals surface area (Å²) in [5.41, 5.74) is 9.25. The van der Waals surface area contributed by atoms with Crippen LogP contribution in [0.1, 0.15) is 24.4 Å². The predicted octanol–water partition coefficient (Wildman–Crippen LogP) is 6.61. The highest BCUT2D eigenvalue weighted by Crippen LogP contribution is 2.32. The molecule has 7 heteroatoms. The number of likely N-dealkylation sites (tertiary alicyclic amines) is 1. The first-order valence-corrected chi connectivity index (χ1v) is 13.6. The first-order valence-electron chi connectivity index (χ1n) is 12.7. The molecule has 0 saturated carbocycles. The Bertz CT molecular complexity index is 1660. The third-order valence-electron chi connectivity index (χ3n) is 7.27. The molecule has 0 unspecified atom stereocenters. The van der Waals surface area contributed by atoms with Gasteiger partial charge < -0.3 is 4.57 Å². The third kappa shape index (κ3) is 4.30. The Hall–Kier alpha value is -3.94. The van der Waals surface area contributed by atoms with Crippen LogP contribution in [0.4, 0.5) is 0 Å². The number of fused-ring (bicyclic) bond motifs is 2. The number of piperidine rings is 1. The van der Waals surface area contributed by atoms with Crippen LogP contribution in [0.15, 0.2) is 90.0 Å². The molecule has 182 valence electrons. The zero-order valence-electron chi connectivity index (χ0n) is 20.4. The fraction of sp³-hybridized carbons (Fsp3) is 0.200. The van der Waals surface area contributed by atoms with Crippen molar-refractivity contribution in [2.75, 3.05) is 13.1 Å². The first kappa shape index (κ1) is 22.3. The largest absolute Gasteiger partial charge is 0.312 e. The average molecular weight is 503 g/mol. The molecular formula is C30H26N6S. The van der Waals surface area contributed by atoms with E-state index in [1.807, 2.05) is 30.7 Å². The number of imidazole rings is 1. The van der Waals surface area contributed by atoms with Crippen LogP contribution in [0, 0.1) is 0 Å². The Morgan fingerprint density at radius 1 is 0.730 bits per heavy atom. The Morgan fingerprint density at radius 3 is 2.16 bits per heavy atom. The van der Waals surface area contributed by atoms with E-state index in [0.717, 1.165) is 77.2 Å². The number of rotatable bonds is 5. The lowest BCUT2D eigenvalue weighted by Gasteiger charge is -2.32. The van der Waals surface area contributed by atoms with Gasteiger partial charge in [0, 0.05) is 53.8 Å². The summed E-state index contributed by atoms with van der Waals surface area (Å²) in [7, 11) is 0. The van der Waals surface area contributed by atoms with Crippen LogP contribution < -0.4 is 0 Å². The van der Waals surface area contributed by atoms with Crippen molar-refractivity contribution < 1.29 is 0 Å². The van der Waals surface area contributed by atoms with Crippen LogP contribution >= 0.6 is 11.3 Å². The predicted molar refractivity (Wildman–Crippen MR) is 149 cm³/mol. The van der Waals surface area contributed by atoms with Gasteiger partial charge in [-0.25, -0.2) is 19.9 Å². The molecule has 4 aromatic heterocycles. The maximum atomic E-state index is 5.01. The lowest BCUT2D eigenvalue weighted by atomic mass is 10.0. The second-order valence-electron chi connectivity index (χ2n) is 9.63. The summed E-state index contributed by atoms with van der Waals surface area (Å²) in [5, 5.41) is 4.14. The summed E-state index contributed by atoms with van der Waals surface area (Å²) in [6, 6.07) is 23.7. The number of hydrogen-bond donors (Lipinski definition) is 0. The van der Waals surface area contributed by atoms with Crippen LogP contribution in [0.5, 0.6) is 0 Å². The van der Waals surface area contributed by atoms with Crippen molar-refractivity contribution >= 4 is 33.5 Å². The van der Waals surface area contributed by atoms with E-state index < -0.39 is 0 Å². The monoisotopic (exact) mass is 502 g/mol. The van der Waals surface area contributed by atoms with E-state index in [9.17, 15) is 0 Å². The molecule has 0 radical (unpaired) electrons. The normalized spacial score (nSPS) is 15.0. The van der Waals surface area contributed by atoms with Crippen LogP contribution in [0.3, 0.4) is 0 Å². The molecule has 0 atom stereocenters. The Labute approximate surface area is 219 Å². The highest BCUT2D eigenvalue weighted by atomic mass is 32.1. The van der Waals surface area contributed by atoms with Crippen molar-refractivity contribution in [2.24, 2.45) is 0 Å². The molecule has 1 aliphatic rings. The number of aromatic nitrogens is 5. The van der Waals surface area contributed by atoms with Gasteiger partial charge in [0.15, 0.2) is 5.65 Å². The zero-order valence-corrected chi connectivity index (χ0v) is 21.2. The zero-order chi connectivity index (χ0) is 24.6. The molecule has 6 nitrogen and oxygen atoms in total. The van der Waals surface area contributed by atoms with Gasteiger partial charge in [-0.2, -0.15) is 0 Å². The van der Waals surface area contributed by atoms with Gasteiger partial charge in [0.2, 0.25) is 0 Å². The molecule has 1 saturated heterocycles. The molecular weight excluding hydrogens is 476 g/mol. The molecule has 37 heavy (non-hydrogen) atoms. The molecule has 1 fully saturated rings. The topological polar surface area (TPSA) is 59.7 Å². The Balaban J connectivity index is 1.08. The van der Waals surface area contributed by atoms with E-state index in [1.54, 1.807) is 11.3 Å². The molecule has 0 spiro atoms. The first-order chi connectivity index (χ1) is 18.3. The maximum Gasteiger partial charge on any atom is 0.160 e. The lowest BCUT2D eigenvalue weighted by molar-refractivity contribution is 0.181. The number of pyridine rings is 1. The summed E-state index contributed by atoms with van der Waals surface area (Å²) in [4.78, 5) is 21.6. The number of nitrogens with zero attached hydrogens (tertiary/aromatic N) is 6. The Morgan fingerprint density at radius 2 is 1.43 bits per heavy atom. The SMILES string of the molecule is c1ccc(-c2nc3cscc3nc2-c2ccc(CN3CCC(n4cnc5cccnc54)CC3)cc2)cc1. The van der Waals surface area contributed by atoms with E-state index in [2.05, 4.69) is 78.7 Å².